The van der Waals surface area contributed by atoms with Crippen LogP contribution in [0.2, 0.25) is 5.02 Å². The lowest BCUT2D eigenvalue weighted by Gasteiger charge is -2.24. The molecule has 7 heteroatoms. The van der Waals surface area contributed by atoms with Crippen LogP contribution in [0.5, 0.6) is 5.75 Å². The second-order valence-corrected chi connectivity index (χ2v) is 8.46. The number of hydrogen-bond acceptors (Lipinski definition) is 3. The Bertz CT molecular complexity index is 1370. The number of nitrogens with one attached hydrogen (secondary N) is 2. The van der Waals surface area contributed by atoms with Crippen molar-refractivity contribution < 1.29 is 9.53 Å². The average Bonchev–Trinajstić information content (AvgIpc) is 2.82. The molecule has 3 aromatic carbocycles. The Morgan fingerprint density at radius 3 is 2.53 bits per heavy atom. The van der Waals surface area contributed by atoms with Crippen LogP contribution in [0.4, 0.5) is 10.5 Å². The number of aryl methyl sites for hydroxylation is 1. The Hall–Kier alpha value is -3.77. The number of para-hydroxylation sites is 1. The summed E-state index contributed by atoms with van der Waals surface area (Å²) in [5, 5.41) is 4.15. The standard InChI is InChI=1S/C27H26ClN3O3/c1-3-34-22-12-13-24-20(15-22)14-21(26(32)29-24)17-31(16-19-10-8-18(2)9-11-19)27(33)30-25-7-5-4-6-23(25)28/h4-15H,3,16-17H2,1-2H3,(H,29,32)(H,30,33). The van der Waals surface area contributed by atoms with Crippen LogP contribution in [0, 0.1) is 6.92 Å². The number of pyridine rings is 1. The molecule has 0 aliphatic carbocycles. The van der Waals surface area contributed by atoms with E-state index in [0.29, 0.717) is 34.9 Å². The van der Waals surface area contributed by atoms with Crippen molar-refractivity contribution in [2.45, 2.75) is 26.9 Å². The molecule has 0 unspecified atom stereocenters. The van der Waals surface area contributed by atoms with Crippen LogP contribution in [-0.2, 0) is 13.1 Å². The van der Waals surface area contributed by atoms with E-state index in [1.165, 1.54) is 0 Å². The van der Waals surface area contributed by atoms with Gasteiger partial charge in [-0.1, -0.05) is 53.6 Å². The summed E-state index contributed by atoms with van der Waals surface area (Å²) in [5.41, 5.74) is 3.54. The molecule has 0 aliphatic rings. The quantitative estimate of drug-likeness (QED) is 0.338. The summed E-state index contributed by atoms with van der Waals surface area (Å²) in [6, 6.07) is 22.0. The lowest BCUT2D eigenvalue weighted by Crippen LogP contribution is -2.35. The number of urea groups is 1. The van der Waals surface area contributed by atoms with Gasteiger partial charge in [-0.3, -0.25) is 4.79 Å². The summed E-state index contributed by atoms with van der Waals surface area (Å²) < 4.78 is 5.59. The van der Waals surface area contributed by atoms with E-state index in [0.717, 1.165) is 22.3 Å². The van der Waals surface area contributed by atoms with E-state index in [2.05, 4.69) is 10.3 Å². The predicted octanol–water partition coefficient (Wildman–Crippen LogP) is 6.12. The number of carbonyl (C=O) groups excluding carboxylic acids is 1. The normalized spacial score (nSPS) is 10.8. The summed E-state index contributed by atoms with van der Waals surface area (Å²) in [6.07, 6.45) is 0. The number of fused-ring (bicyclic) bond motifs is 1. The largest absolute Gasteiger partial charge is 0.494 e. The molecule has 34 heavy (non-hydrogen) atoms. The Balaban J connectivity index is 1.66. The van der Waals surface area contributed by atoms with E-state index in [9.17, 15) is 9.59 Å². The minimum atomic E-state index is -0.351. The summed E-state index contributed by atoms with van der Waals surface area (Å²) in [4.78, 5) is 30.6. The SMILES string of the molecule is CCOc1ccc2[nH]c(=O)c(CN(Cc3ccc(C)cc3)C(=O)Nc3ccccc3Cl)cc2c1. The molecule has 1 aromatic heterocycles. The maximum Gasteiger partial charge on any atom is 0.322 e. The third kappa shape index (κ3) is 5.58. The summed E-state index contributed by atoms with van der Waals surface area (Å²) >= 11 is 6.24. The second kappa shape index (κ2) is 10.4. The first-order valence-corrected chi connectivity index (χ1v) is 11.5. The van der Waals surface area contributed by atoms with Crippen molar-refractivity contribution in [1.82, 2.24) is 9.88 Å². The number of aromatic nitrogens is 1. The molecule has 4 aromatic rings. The highest BCUT2D eigenvalue weighted by atomic mass is 35.5. The number of ether oxygens (including phenoxy) is 1. The lowest BCUT2D eigenvalue weighted by molar-refractivity contribution is 0.206. The van der Waals surface area contributed by atoms with Crippen molar-refractivity contribution in [3.8, 4) is 5.75 Å². The van der Waals surface area contributed by atoms with Crippen molar-refractivity contribution in [2.24, 2.45) is 0 Å². The molecule has 0 fully saturated rings. The molecule has 174 valence electrons. The first-order chi connectivity index (χ1) is 16.4. The molecule has 2 N–H and O–H groups in total. The number of H-pyrrole nitrogens is 1. The molecule has 0 bridgehead atoms. The smallest absolute Gasteiger partial charge is 0.322 e. The first kappa shape index (κ1) is 23.4. The van der Waals surface area contributed by atoms with Gasteiger partial charge < -0.3 is 19.9 Å². The summed E-state index contributed by atoms with van der Waals surface area (Å²) in [6.45, 7) is 4.93. The highest BCUT2D eigenvalue weighted by Crippen LogP contribution is 2.23. The van der Waals surface area contributed by atoms with Crippen LogP contribution in [0.1, 0.15) is 23.6 Å². The van der Waals surface area contributed by atoms with E-state index in [4.69, 9.17) is 16.3 Å². The molecule has 0 atom stereocenters. The van der Waals surface area contributed by atoms with E-state index < -0.39 is 0 Å². The van der Waals surface area contributed by atoms with Crippen molar-refractivity contribution in [1.29, 1.82) is 0 Å². The van der Waals surface area contributed by atoms with Gasteiger partial charge in [-0.05, 0) is 55.8 Å². The molecule has 0 spiro atoms. The molecule has 0 saturated carbocycles. The zero-order chi connectivity index (χ0) is 24.1. The maximum atomic E-state index is 13.3. The minimum Gasteiger partial charge on any atom is -0.494 e. The molecule has 6 nitrogen and oxygen atoms in total. The van der Waals surface area contributed by atoms with Crippen LogP contribution in [-0.4, -0.2) is 22.5 Å². The number of aromatic amines is 1. The number of anilines is 1. The highest BCUT2D eigenvalue weighted by Gasteiger charge is 2.18. The van der Waals surface area contributed by atoms with E-state index in [1.807, 2.05) is 62.4 Å². The number of hydrogen-bond donors (Lipinski definition) is 2. The second-order valence-electron chi connectivity index (χ2n) is 8.06. The minimum absolute atomic E-state index is 0.119. The zero-order valence-corrected chi connectivity index (χ0v) is 19.9. The third-order valence-corrected chi connectivity index (χ3v) is 5.79. The number of benzene rings is 3. The number of amides is 2. The van der Waals surface area contributed by atoms with Gasteiger partial charge in [0.15, 0.2) is 0 Å². The van der Waals surface area contributed by atoms with Crippen molar-refractivity contribution in [3.05, 3.63) is 105 Å². The molecule has 0 saturated heterocycles. The van der Waals surface area contributed by atoms with Crippen LogP contribution in [0.3, 0.4) is 0 Å². The highest BCUT2D eigenvalue weighted by molar-refractivity contribution is 6.33. The van der Waals surface area contributed by atoms with Gasteiger partial charge in [-0.25, -0.2) is 4.79 Å². The van der Waals surface area contributed by atoms with Crippen LogP contribution in [0.25, 0.3) is 10.9 Å². The molecular formula is C27H26ClN3O3. The van der Waals surface area contributed by atoms with Crippen molar-refractivity contribution >= 4 is 34.2 Å². The molecule has 0 aliphatic heterocycles. The van der Waals surface area contributed by atoms with Gasteiger partial charge in [0, 0.05) is 23.0 Å². The Kier molecular flexibility index (Phi) is 7.18. The zero-order valence-electron chi connectivity index (χ0n) is 19.1. The number of nitrogens with zero attached hydrogens (tertiary/aromatic N) is 1. The van der Waals surface area contributed by atoms with Gasteiger partial charge in [-0.15, -0.1) is 0 Å². The van der Waals surface area contributed by atoms with Gasteiger partial charge in [0.1, 0.15) is 5.75 Å². The van der Waals surface area contributed by atoms with E-state index in [1.54, 1.807) is 29.2 Å². The van der Waals surface area contributed by atoms with Crippen LogP contribution in [0.15, 0.2) is 77.6 Å². The van der Waals surface area contributed by atoms with Gasteiger partial charge in [0.2, 0.25) is 0 Å². The Morgan fingerprint density at radius 1 is 1.03 bits per heavy atom. The average molecular weight is 476 g/mol. The van der Waals surface area contributed by atoms with Crippen molar-refractivity contribution in [2.75, 3.05) is 11.9 Å². The van der Waals surface area contributed by atoms with Gasteiger partial charge in [-0.2, -0.15) is 0 Å². The van der Waals surface area contributed by atoms with Crippen molar-refractivity contribution in [3.63, 3.8) is 0 Å². The fourth-order valence-corrected chi connectivity index (χ4v) is 3.86. The topological polar surface area (TPSA) is 74.4 Å². The van der Waals surface area contributed by atoms with Gasteiger partial charge in [0.25, 0.3) is 5.56 Å². The molecule has 1 heterocycles. The summed E-state index contributed by atoms with van der Waals surface area (Å²) in [5.74, 6) is 0.723. The van der Waals surface area contributed by atoms with Crippen LogP contribution < -0.4 is 15.6 Å². The van der Waals surface area contributed by atoms with Gasteiger partial charge in [0.05, 0.1) is 23.9 Å². The summed E-state index contributed by atoms with van der Waals surface area (Å²) in [7, 11) is 0. The molecule has 4 rings (SSSR count). The lowest BCUT2D eigenvalue weighted by atomic mass is 10.1. The molecule has 2 amide bonds. The molecule has 0 radical (unpaired) electrons. The fourth-order valence-electron chi connectivity index (χ4n) is 3.68. The maximum absolute atomic E-state index is 13.3. The number of carbonyl (C=O) groups is 1. The first-order valence-electron chi connectivity index (χ1n) is 11.1. The molecular weight excluding hydrogens is 450 g/mol. The van der Waals surface area contributed by atoms with Crippen LogP contribution >= 0.6 is 11.6 Å². The number of rotatable bonds is 7. The van der Waals surface area contributed by atoms with Gasteiger partial charge >= 0.3 is 6.03 Å². The van der Waals surface area contributed by atoms with E-state index in [-0.39, 0.29) is 18.1 Å². The third-order valence-electron chi connectivity index (χ3n) is 5.46. The Labute approximate surface area is 203 Å². The monoisotopic (exact) mass is 475 g/mol. The predicted molar refractivity (Wildman–Crippen MR) is 137 cm³/mol. The number of halogens is 1. The Morgan fingerprint density at radius 2 is 1.79 bits per heavy atom. The van der Waals surface area contributed by atoms with E-state index >= 15 is 0 Å². The fraction of sp³-hybridized carbons (Fsp3) is 0.185.